The number of piperidine rings is 1. The van der Waals surface area contributed by atoms with E-state index in [-0.39, 0.29) is 24.9 Å². The fourth-order valence-electron chi connectivity index (χ4n) is 5.27. The molecule has 1 aromatic carbocycles. The lowest BCUT2D eigenvalue weighted by molar-refractivity contribution is -0.0543. The van der Waals surface area contributed by atoms with Crippen molar-refractivity contribution in [1.82, 2.24) is 10.3 Å². The van der Waals surface area contributed by atoms with E-state index >= 15 is 0 Å². The molecule has 3 fully saturated rings. The number of hydrogen-bond acceptors (Lipinski definition) is 9. The summed E-state index contributed by atoms with van der Waals surface area (Å²) in [4.78, 5) is 7.20. The van der Waals surface area contributed by atoms with Gasteiger partial charge in [0.05, 0.1) is 29.6 Å². The second-order valence-corrected chi connectivity index (χ2v) is 9.73. The van der Waals surface area contributed by atoms with Gasteiger partial charge in [-0.3, -0.25) is 0 Å². The number of halogens is 1. The number of benzene rings is 1. The minimum absolute atomic E-state index is 0.267. The maximum Gasteiger partial charge on any atom is 0.207 e. The number of hydrogen-bond donors (Lipinski definition) is 4. The van der Waals surface area contributed by atoms with Gasteiger partial charge in [0, 0.05) is 30.4 Å². The molecular formula is C24H30ClN5O4. The number of rotatable bonds is 5. The zero-order valence-electron chi connectivity index (χ0n) is 19.0. The molecule has 0 aliphatic carbocycles. The molecular weight excluding hydrogens is 458 g/mol. The Kier molecular flexibility index (Phi) is 6.00. The molecule has 0 radical (unpaired) electrons. The standard InChI is InChI=1S/C24H30ClN5O4/c1-26-14-6-8-30(9-7-14)15-4-2-13(3-5-15)20-16(25)10-17-23(28-20)29-24(27-17)34-19-12-33-21-18(31)11-32-22(19)21/h2-5,10,14,18-19,21-22,24,26-27,31H,6-9,11-12H2,1H3,(H,28,29)/t18?,19?,21-,22-,24?/m1/s1. The van der Waals surface area contributed by atoms with Gasteiger partial charge in [0.2, 0.25) is 6.35 Å². The van der Waals surface area contributed by atoms with Crippen molar-refractivity contribution in [2.24, 2.45) is 0 Å². The fraction of sp³-hybridized carbons (Fsp3) is 0.542. The van der Waals surface area contributed by atoms with E-state index in [9.17, 15) is 5.11 Å². The van der Waals surface area contributed by atoms with Gasteiger partial charge in [-0.15, -0.1) is 0 Å². The zero-order chi connectivity index (χ0) is 23.2. The van der Waals surface area contributed by atoms with Gasteiger partial charge in [0.1, 0.15) is 24.4 Å². The molecule has 4 aliphatic heterocycles. The lowest BCUT2D eigenvalue weighted by Gasteiger charge is -2.33. The molecule has 3 unspecified atom stereocenters. The average Bonchev–Trinajstić information content (AvgIpc) is 3.55. The summed E-state index contributed by atoms with van der Waals surface area (Å²) in [5.41, 5.74) is 3.70. The Balaban J connectivity index is 1.13. The molecule has 182 valence electrons. The van der Waals surface area contributed by atoms with Crippen molar-refractivity contribution in [3.8, 4) is 11.3 Å². The number of nitrogens with zero attached hydrogens (tertiary/aromatic N) is 2. The zero-order valence-corrected chi connectivity index (χ0v) is 19.8. The SMILES string of the molecule is CNC1CCN(c2ccc(-c3nc4c(cc3Cl)NC(OC3CO[C@@H]5C(O)CO[C@H]35)N4)cc2)CC1. The van der Waals surface area contributed by atoms with Crippen LogP contribution < -0.4 is 20.9 Å². The first-order chi connectivity index (χ1) is 16.6. The van der Waals surface area contributed by atoms with Crippen LogP contribution in [0.3, 0.4) is 0 Å². The molecule has 3 saturated heterocycles. The van der Waals surface area contributed by atoms with E-state index in [4.69, 9.17) is 30.8 Å². The number of fused-ring (bicyclic) bond motifs is 2. The van der Waals surface area contributed by atoms with Crippen molar-refractivity contribution >= 4 is 28.8 Å². The first kappa shape index (κ1) is 22.3. The molecule has 5 heterocycles. The summed E-state index contributed by atoms with van der Waals surface area (Å²) >= 11 is 6.61. The molecule has 5 atom stereocenters. The molecule has 9 nitrogen and oxygen atoms in total. The minimum Gasteiger partial charge on any atom is -0.388 e. The molecule has 0 spiro atoms. The van der Waals surface area contributed by atoms with E-state index in [0.29, 0.717) is 23.5 Å². The van der Waals surface area contributed by atoms with Crippen LogP contribution in [-0.4, -0.2) is 80.3 Å². The first-order valence-electron chi connectivity index (χ1n) is 11.9. The number of nitrogens with one attached hydrogen (secondary N) is 3. The van der Waals surface area contributed by atoms with E-state index in [1.54, 1.807) is 0 Å². The van der Waals surface area contributed by atoms with E-state index < -0.39 is 12.5 Å². The van der Waals surface area contributed by atoms with E-state index in [0.717, 1.165) is 42.9 Å². The third-order valence-electron chi connectivity index (χ3n) is 7.23. The third kappa shape index (κ3) is 4.10. The highest BCUT2D eigenvalue weighted by molar-refractivity contribution is 6.33. The Hall–Kier alpha value is -2.14. The summed E-state index contributed by atoms with van der Waals surface area (Å²) in [6.07, 6.45) is 0.351. The lowest BCUT2D eigenvalue weighted by Crippen LogP contribution is -2.41. The monoisotopic (exact) mass is 487 g/mol. The molecule has 4 N–H and O–H groups in total. The second kappa shape index (κ2) is 9.14. The van der Waals surface area contributed by atoms with Crippen molar-refractivity contribution in [2.75, 3.05) is 48.9 Å². The van der Waals surface area contributed by atoms with Crippen LogP contribution in [0.1, 0.15) is 12.8 Å². The summed E-state index contributed by atoms with van der Waals surface area (Å²) in [6, 6.07) is 10.9. The number of anilines is 3. The smallest absolute Gasteiger partial charge is 0.207 e. The molecule has 2 aromatic rings. The number of aliphatic hydroxyl groups is 1. The predicted molar refractivity (Wildman–Crippen MR) is 130 cm³/mol. The Bertz CT molecular complexity index is 1030. The Morgan fingerprint density at radius 3 is 2.65 bits per heavy atom. The summed E-state index contributed by atoms with van der Waals surface area (Å²) < 4.78 is 17.4. The van der Waals surface area contributed by atoms with Crippen LogP contribution in [0.2, 0.25) is 5.02 Å². The molecule has 0 saturated carbocycles. The van der Waals surface area contributed by atoms with Gasteiger partial charge in [-0.2, -0.15) is 0 Å². The number of aliphatic hydroxyl groups excluding tert-OH is 1. The van der Waals surface area contributed by atoms with Crippen LogP contribution in [0.15, 0.2) is 30.3 Å². The van der Waals surface area contributed by atoms with Crippen molar-refractivity contribution in [3.05, 3.63) is 35.4 Å². The molecule has 4 aliphatic rings. The number of aromatic nitrogens is 1. The van der Waals surface area contributed by atoms with Crippen LogP contribution >= 0.6 is 11.6 Å². The molecule has 0 amide bonds. The van der Waals surface area contributed by atoms with E-state index in [1.807, 2.05) is 13.1 Å². The van der Waals surface area contributed by atoms with Gasteiger partial charge in [-0.05, 0) is 38.1 Å². The van der Waals surface area contributed by atoms with Gasteiger partial charge in [-0.25, -0.2) is 4.98 Å². The highest BCUT2D eigenvalue weighted by atomic mass is 35.5. The maximum atomic E-state index is 9.93. The van der Waals surface area contributed by atoms with Crippen LogP contribution in [0.25, 0.3) is 11.3 Å². The normalized spacial score (nSPS) is 30.7. The van der Waals surface area contributed by atoms with Gasteiger partial charge in [0.25, 0.3) is 0 Å². The highest BCUT2D eigenvalue weighted by Gasteiger charge is 2.48. The summed E-state index contributed by atoms with van der Waals surface area (Å²) in [5, 5.41) is 20.4. The molecule has 1 aromatic heterocycles. The number of pyridine rings is 1. The van der Waals surface area contributed by atoms with Crippen LogP contribution in [0.5, 0.6) is 0 Å². The summed E-state index contributed by atoms with van der Waals surface area (Å²) in [7, 11) is 2.04. The van der Waals surface area contributed by atoms with E-state index in [1.165, 1.54) is 5.69 Å². The average molecular weight is 488 g/mol. The minimum atomic E-state index is -0.602. The Morgan fingerprint density at radius 1 is 1.12 bits per heavy atom. The van der Waals surface area contributed by atoms with Crippen molar-refractivity contribution in [3.63, 3.8) is 0 Å². The van der Waals surface area contributed by atoms with Gasteiger partial charge in [-0.1, -0.05) is 23.7 Å². The van der Waals surface area contributed by atoms with Crippen LogP contribution in [0.4, 0.5) is 17.2 Å². The van der Waals surface area contributed by atoms with Crippen LogP contribution in [-0.2, 0) is 14.2 Å². The quantitative estimate of drug-likeness (QED) is 0.506. The van der Waals surface area contributed by atoms with E-state index in [2.05, 4.69) is 45.1 Å². The van der Waals surface area contributed by atoms with Crippen molar-refractivity contribution in [1.29, 1.82) is 0 Å². The topological polar surface area (TPSA) is 100 Å². The number of ether oxygens (including phenoxy) is 3. The second-order valence-electron chi connectivity index (χ2n) is 9.32. The molecule has 34 heavy (non-hydrogen) atoms. The fourth-order valence-corrected chi connectivity index (χ4v) is 5.53. The van der Waals surface area contributed by atoms with Gasteiger partial charge >= 0.3 is 0 Å². The largest absolute Gasteiger partial charge is 0.388 e. The Labute approximate surface area is 203 Å². The van der Waals surface area contributed by atoms with Crippen LogP contribution in [0, 0.1) is 0 Å². The van der Waals surface area contributed by atoms with Crippen molar-refractivity contribution in [2.45, 2.75) is 49.7 Å². The summed E-state index contributed by atoms with van der Waals surface area (Å²) in [5.74, 6) is 0.686. The van der Waals surface area contributed by atoms with Crippen molar-refractivity contribution < 1.29 is 19.3 Å². The first-order valence-corrected chi connectivity index (χ1v) is 12.3. The molecule has 10 heteroatoms. The lowest BCUT2D eigenvalue weighted by atomic mass is 10.0. The maximum absolute atomic E-state index is 9.93. The molecule has 6 rings (SSSR count). The highest BCUT2D eigenvalue weighted by Crippen LogP contribution is 2.38. The van der Waals surface area contributed by atoms with Gasteiger partial charge < -0.3 is 40.2 Å². The predicted octanol–water partition coefficient (Wildman–Crippen LogP) is 2.25. The molecule has 0 bridgehead atoms. The summed E-state index contributed by atoms with van der Waals surface area (Å²) in [6.45, 7) is 2.75. The Morgan fingerprint density at radius 2 is 1.88 bits per heavy atom. The van der Waals surface area contributed by atoms with Gasteiger partial charge in [0.15, 0.2) is 5.82 Å². The third-order valence-corrected chi connectivity index (χ3v) is 7.52.